The van der Waals surface area contributed by atoms with Crippen LogP contribution in [0.5, 0.6) is 0 Å². The lowest BCUT2D eigenvalue weighted by Gasteiger charge is -2.07. The fraction of sp³-hybridized carbons (Fsp3) is 0.0625. The molecule has 0 aliphatic heterocycles. The maximum atomic E-state index is 13.1. The third-order valence-electron chi connectivity index (χ3n) is 3.15. The van der Waals surface area contributed by atoms with Crippen molar-refractivity contribution in [3.05, 3.63) is 60.9 Å². The minimum atomic E-state index is -0.291. The number of imidazole rings is 1. The van der Waals surface area contributed by atoms with Gasteiger partial charge in [-0.15, -0.1) is 0 Å². The fourth-order valence-electron chi connectivity index (χ4n) is 2.21. The summed E-state index contributed by atoms with van der Waals surface area (Å²) in [6.45, 7) is 0.200. The second kappa shape index (κ2) is 5.55. The van der Waals surface area contributed by atoms with Gasteiger partial charge >= 0.3 is 0 Å². The zero-order chi connectivity index (χ0) is 14.7. The van der Waals surface area contributed by atoms with Crippen molar-refractivity contribution in [3.63, 3.8) is 0 Å². The molecule has 0 aliphatic rings. The topological polar surface area (TPSA) is 54.5 Å². The number of benzene rings is 1. The fourth-order valence-corrected chi connectivity index (χ4v) is 2.21. The standard InChI is InChI=1S/C16H11FN4/c17-14-3-1-12(2-4-14)15-16(13-5-8-19-9-6-13)21(10-7-18)11-20-15/h1-6,8-9,11H,10H2. The van der Waals surface area contributed by atoms with Crippen molar-refractivity contribution < 1.29 is 4.39 Å². The van der Waals surface area contributed by atoms with E-state index >= 15 is 0 Å². The Morgan fingerprint density at radius 1 is 1.05 bits per heavy atom. The molecule has 4 nitrogen and oxygen atoms in total. The van der Waals surface area contributed by atoms with Gasteiger partial charge in [0.25, 0.3) is 0 Å². The molecule has 21 heavy (non-hydrogen) atoms. The third kappa shape index (κ3) is 2.51. The van der Waals surface area contributed by atoms with E-state index in [1.807, 2.05) is 12.1 Å². The number of halogens is 1. The second-order valence-electron chi connectivity index (χ2n) is 4.47. The van der Waals surface area contributed by atoms with Crippen LogP contribution in [0.15, 0.2) is 55.1 Å². The SMILES string of the molecule is N#CCn1cnc(-c2ccc(F)cc2)c1-c1ccncc1. The van der Waals surface area contributed by atoms with Crippen molar-refractivity contribution in [2.24, 2.45) is 0 Å². The zero-order valence-electron chi connectivity index (χ0n) is 11.1. The first-order chi connectivity index (χ1) is 10.3. The number of aromatic nitrogens is 3. The molecular weight excluding hydrogens is 267 g/mol. The van der Waals surface area contributed by atoms with Gasteiger partial charge in [0.1, 0.15) is 12.4 Å². The van der Waals surface area contributed by atoms with Crippen LogP contribution >= 0.6 is 0 Å². The van der Waals surface area contributed by atoms with Crippen molar-refractivity contribution in [1.29, 1.82) is 5.26 Å². The Morgan fingerprint density at radius 3 is 2.43 bits per heavy atom. The Kier molecular flexibility index (Phi) is 3.44. The van der Waals surface area contributed by atoms with Gasteiger partial charge in [-0.2, -0.15) is 5.26 Å². The smallest absolute Gasteiger partial charge is 0.123 e. The lowest BCUT2D eigenvalue weighted by Crippen LogP contribution is -1.97. The maximum absolute atomic E-state index is 13.1. The Balaban J connectivity index is 2.18. The summed E-state index contributed by atoms with van der Waals surface area (Å²) < 4.78 is 14.8. The van der Waals surface area contributed by atoms with E-state index < -0.39 is 0 Å². The normalized spacial score (nSPS) is 10.3. The summed E-state index contributed by atoms with van der Waals surface area (Å²) in [5.41, 5.74) is 3.26. The molecule has 5 heteroatoms. The maximum Gasteiger partial charge on any atom is 0.123 e. The van der Waals surface area contributed by atoms with Crippen molar-refractivity contribution in [2.45, 2.75) is 6.54 Å². The van der Waals surface area contributed by atoms with E-state index in [2.05, 4.69) is 16.0 Å². The van der Waals surface area contributed by atoms with Gasteiger partial charge < -0.3 is 4.57 Å². The van der Waals surface area contributed by atoms with E-state index in [-0.39, 0.29) is 12.4 Å². The minimum Gasteiger partial charge on any atom is -0.316 e. The molecule has 2 heterocycles. The lowest BCUT2D eigenvalue weighted by molar-refractivity contribution is 0.628. The first kappa shape index (κ1) is 13.0. The number of rotatable bonds is 3. The monoisotopic (exact) mass is 278 g/mol. The van der Waals surface area contributed by atoms with Crippen LogP contribution in [0.4, 0.5) is 4.39 Å². The molecule has 0 N–H and O–H groups in total. The quantitative estimate of drug-likeness (QED) is 0.738. The Labute approximate surface area is 121 Å². The summed E-state index contributed by atoms with van der Waals surface area (Å²) in [6.07, 6.45) is 5.00. The highest BCUT2D eigenvalue weighted by molar-refractivity contribution is 5.78. The van der Waals surface area contributed by atoms with Gasteiger partial charge in [-0.05, 0) is 36.4 Å². The molecule has 0 saturated heterocycles. The van der Waals surface area contributed by atoms with Crippen molar-refractivity contribution in [2.75, 3.05) is 0 Å². The van der Waals surface area contributed by atoms with Crippen LogP contribution in [-0.4, -0.2) is 14.5 Å². The molecule has 2 aromatic heterocycles. The highest BCUT2D eigenvalue weighted by Gasteiger charge is 2.14. The highest BCUT2D eigenvalue weighted by Crippen LogP contribution is 2.30. The molecule has 3 aromatic rings. The molecule has 3 rings (SSSR count). The van der Waals surface area contributed by atoms with E-state index in [4.69, 9.17) is 5.26 Å². The number of nitrogens with zero attached hydrogens (tertiary/aromatic N) is 4. The van der Waals surface area contributed by atoms with Gasteiger partial charge in [0, 0.05) is 23.5 Å². The van der Waals surface area contributed by atoms with Crippen LogP contribution < -0.4 is 0 Å². The summed E-state index contributed by atoms with van der Waals surface area (Å²) in [4.78, 5) is 8.38. The van der Waals surface area contributed by atoms with Crippen LogP contribution in [0.25, 0.3) is 22.5 Å². The lowest BCUT2D eigenvalue weighted by atomic mass is 10.1. The predicted octanol–water partition coefficient (Wildman–Crippen LogP) is 3.27. The van der Waals surface area contributed by atoms with Crippen LogP contribution in [0, 0.1) is 17.1 Å². The summed E-state index contributed by atoms with van der Waals surface area (Å²) in [7, 11) is 0. The van der Waals surface area contributed by atoms with Crippen LogP contribution in [0.3, 0.4) is 0 Å². The molecule has 0 amide bonds. The Morgan fingerprint density at radius 2 is 1.76 bits per heavy atom. The van der Waals surface area contributed by atoms with E-state index in [1.165, 1.54) is 12.1 Å². The predicted molar refractivity (Wildman–Crippen MR) is 76.5 cm³/mol. The molecule has 0 unspecified atom stereocenters. The Bertz CT molecular complexity index is 785. The molecule has 0 aliphatic carbocycles. The average molecular weight is 278 g/mol. The largest absolute Gasteiger partial charge is 0.316 e. The van der Waals surface area contributed by atoms with Crippen LogP contribution in [0.1, 0.15) is 0 Å². The molecule has 0 spiro atoms. The molecule has 0 fully saturated rings. The minimum absolute atomic E-state index is 0.200. The van der Waals surface area contributed by atoms with E-state index in [1.54, 1.807) is 35.4 Å². The third-order valence-corrected chi connectivity index (χ3v) is 3.15. The van der Waals surface area contributed by atoms with Gasteiger partial charge in [-0.25, -0.2) is 9.37 Å². The summed E-state index contributed by atoms with van der Waals surface area (Å²) in [5.74, 6) is -0.291. The average Bonchev–Trinajstić information content (AvgIpc) is 2.93. The van der Waals surface area contributed by atoms with Crippen molar-refractivity contribution in [1.82, 2.24) is 14.5 Å². The van der Waals surface area contributed by atoms with Crippen LogP contribution in [-0.2, 0) is 6.54 Å². The first-order valence-corrected chi connectivity index (χ1v) is 6.38. The molecule has 0 radical (unpaired) electrons. The number of pyridine rings is 1. The van der Waals surface area contributed by atoms with Gasteiger partial charge in [0.15, 0.2) is 0 Å². The van der Waals surface area contributed by atoms with Gasteiger partial charge in [-0.3, -0.25) is 4.98 Å². The highest BCUT2D eigenvalue weighted by atomic mass is 19.1. The molecular formula is C16H11FN4. The Hall–Kier alpha value is -3.00. The van der Waals surface area contributed by atoms with Crippen LogP contribution in [0.2, 0.25) is 0 Å². The van der Waals surface area contributed by atoms with Gasteiger partial charge in [0.05, 0.1) is 23.8 Å². The molecule has 102 valence electrons. The molecule has 1 aromatic carbocycles. The first-order valence-electron chi connectivity index (χ1n) is 6.38. The summed E-state index contributed by atoms with van der Waals surface area (Å²) >= 11 is 0. The number of hydrogen-bond donors (Lipinski definition) is 0. The molecule has 0 saturated carbocycles. The molecule has 0 atom stereocenters. The van der Waals surface area contributed by atoms with Crippen molar-refractivity contribution in [3.8, 4) is 28.6 Å². The van der Waals surface area contributed by atoms with E-state index in [0.29, 0.717) is 0 Å². The number of hydrogen-bond acceptors (Lipinski definition) is 3. The van der Waals surface area contributed by atoms with E-state index in [0.717, 1.165) is 22.5 Å². The second-order valence-corrected chi connectivity index (χ2v) is 4.47. The summed E-state index contributed by atoms with van der Waals surface area (Å²) in [5, 5.41) is 8.95. The zero-order valence-corrected chi connectivity index (χ0v) is 11.1. The van der Waals surface area contributed by atoms with E-state index in [9.17, 15) is 4.39 Å². The number of nitriles is 1. The van der Waals surface area contributed by atoms with Gasteiger partial charge in [-0.1, -0.05) is 0 Å². The molecule has 0 bridgehead atoms. The summed E-state index contributed by atoms with van der Waals surface area (Å²) in [6, 6.07) is 12.0. The van der Waals surface area contributed by atoms with Gasteiger partial charge in [0.2, 0.25) is 0 Å². The van der Waals surface area contributed by atoms with Crippen molar-refractivity contribution >= 4 is 0 Å².